The average molecular weight is 449 g/mol. The van der Waals surface area contributed by atoms with Crippen molar-refractivity contribution in [2.75, 3.05) is 50.1 Å². The fraction of sp³-hybridized carbons (Fsp3) is 0.333. The number of nitrogens with zero attached hydrogens (tertiary/aromatic N) is 5. The van der Waals surface area contributed by atoms with E-state index >= 15 is 0 Å². The van der Waals surface area contributed by atoms with Crippen LogP contribution in [0.1, 0.15) is 17.3 Å². The number of carbonyl (C=O) groups is 1. The van der Waals surface area contributed by atoms with E-state index in [-0.39, 0.29) is 35.2 Å². The second-order valence-corrected chi connectivity index (χ2v) is 7.93. The molecule has 0 unspecified atom stereocenters. The van der Waals surface area contributed by atoms with Gasteiger partial charge in [-0.1, -0.05) is 6.08 Å². The maximum absolute atomic E-state index is 12.8. The Hall–Kier alpha value is -3.72. The van der Waals surface area contributed by atoms with Gasteiger partial charge in [0.1, 0.15) is 5.56 Å². The van der Waals surface area contributed by atoms with Crippen LogP contribution >= 0.6 is 0 Å². The molecule has 33 heavy (non-hydrogen) atoms. The number of hydrogen-bond donors (Lipinski definition) is 1. The van der Waals surface area contributed by atoms with Gasteiger partial charge in [-0.3, -0.25) is 4.79 Å². The monoisotopic (exact) mass is 448 g/mol. The third-order valence-electron chi connectivity index (χ3n) is 5.63. The molecule has 0 amide bonds. The zero-order valence-electron chi connectivity index (χ0n) is 19.0. The van der Waals surface area contributed by atoms with Crippen molar-refractivity contribution in [3.63, 3.8) is 0 Å². The van der Waals surface area contributed by atoms with Crippen molar-refractivity contribution in [2.24, 2.45) is 0 Å². The van der Waals surface area contributed by atoms with Crippen LogP contribution in [0.2, 0.25) is 0 Å². The number of ether oxygens (including phenoxy) is 1. The Morgan fingerprint density at radius 1 is 1.21 bits per heavy atom. The van der Waals surface area contributed by atoms with Crippen LogP contribution in [0.4, 0.5) is 17.3 Å². The van der Waals surface area contributed by atoms with Crippen molar-refractivity contribution in [1.29, 1.82) is 0 Å². The van der Waals surface area contributed by atoms with Gasteiger partial charge in [-0.05, 0) is 38.2 Å². The summed E-state index contributed by atoms with van der Waals surface area (Å²) < 4.78 is 6.57. The van der Waals surface area contributed by atoms with Crippen molar-refractivity contribution in [3.8, 4) is 0 Å². The smallest absolute Gasteiger partial charge is 0.341 e. The molecule has 172 valence electrons. The first-order valence-corrected chi connectivity index (χ1v) is 11.0. The lowest BCUT2D eigenvalue weighted by atomic mass is 10.2. The highest BCUT2D eigenvalue weighted by Crippen LogP contribution is 2.22. The Kier molecular flexibility index (Phi) is 6.69. The fourth-order valence-corrected chi connectivity index (χ4v) is 3.82. The van der Waals surface area contributed by atoms with Crippen molar-refractivity contribution >= 4 is 34.2 Å². The minimum atomic E-state index is -0.540. The molecular weight excluding hydrogens is 420 g/mol. The molecule has 1 aromatic carbocycles. The molecule has 0 spiro atoms. The summed E-state index contributed by atoms with van der Waals surface area (Å²) in [5.41, 5.74) is 2.15. The maximum Gasteiger partial charge on any atom is 0.341 e. The predicted octanol–water partition coefficient (Wildman–Crippen LogP) is 2.65. The van der Waals surface area contributed by atoms with E-state index in [0.29, 0.717) is 5.95 Å². The fourth-order valence-electron chi connectivity index (χ4n) is 3.82. The summed E-state index contributed by atoms with van der Waals surface area (Å²) in [5.74, 6) is -0.247. The number of pyridine rings is 1. The molecule has 0 saturated carbocycles. The van der Waals surface area contributed by atoms with Gasteiger partial charge in [-0.15, -0.1) is 6.58 Å². The van der Waals surface area contributed by atoms with E-state index < -0.39 is 5.97 Å². The molecule has 3 heterocycles. The van der Waals surface area contributed by atoms with E-state index in [9.17, 15) is 9.59 Å². The second kappa shape index (κ2) is 9.83. The lowest BCUT2D eigenvalue weighted by Crippen LogP contribution is -2.44. The lowest BCUT2D eigenvalue weighted by molar-refractivity contribution is 0.0527. The number of rotatable bonds is 7. The molecule has 2 aromatic heterocycles. The number of carbonyl (C=O) groups excluding carboxylic acids is 1. The van der Waals surface area contributed by atoms with Crippen LogP contribution in [0.5, 0.6) is 0 Å². The summed E-state index contributed by atoms with van der Waals surface area (Å²) in [7, 11) is 2.13. The third-order valence-corrected chi connectivity index (χ3v) is 5.63. The van der Waals surface area contributed by atoms with E-state index in [2.05, 4.69) is 50.8 Å². The number of likely N-dealkylation sites (N-methyl/N-ethyl adjacent to an activating group) is 1. The largest absolute Gasteiger partial charge is 0.462 e. The lowest BCUT2D eigenvalue weighted by Gasteiger charge is -2.34. The highest BCUT2D eigenvalue weighted by Gasteiger charge is 2.18. The van der Waals surface area contributed by atoms with Gasteiger partial charge in [0.2, 0.25) is 5.95 Å². The summed E-state index contributed by atoms with van der Waals surface area (Å²) in [6.45, 7) is 9.96. The summed E-state index contributed by atoms with van der Waals surface area (Å²) in [6, 6.07) is 8.06. The van der Waals surface area contributed by atoms with Crippen LogP contribution in [0.15, 0.2) is 54.1 Å². The molecular formula is C24H28N6O3. The number of esters is 1. The summed E-state index contributed by atoms with van der Waals surface area (Å²) in [6.07, 6.45) is 4.49. The molecule has 1 fully saturated rings. The van der Waals surface area contributed by atoms with Gasteiger partial charge < -0.3 is 24.4 Å². The van der Waals surface area contributed by atoms with Gasteiger partial charge >= 0.3 is 5.97 Å². The standard InChI is InChI=1S/C24H28N6O3/c1-4-10-30-16-20(23(32)33-5-2)21-19(22(30)31)15-25-24(27-21)26-17-6-8-18(9-7-17)29-13-11-28(3)12-14-29/h4,6-9,15-16H,1,5,10-14H2,2-3H3,(H,25,26,27). The van der Waals surface area contributed by atoms with Crippen LogP contribution in [-0.2, 0) is 11.3 Å². The molecule has 9 heteroatoms. The van der Waals surface area contributed by atoms with E-state index in [1.807, 2.05) is 12.1 Å². The number of piperazine rings is 1. The molecule has 0 radical (unpaired) electrons. The molecule has 9 nitrogen and oxygen atoms in total. The Bertz CT molecular complexity index is 1210. The van der Waals surface area contributed by atoms with Crippen LogP contribution in [0.25, 0.3) is 10.9 Å². The van der Waals surface area contributed by atoms with Crippen LogP contribution < -0.4 is 15.8 Å². The van der Waals surface area contributed by atoms with Crippen LogP contribution in [0.3, 0.4) is 0 Å². The van der Waals surface area contributed by atoms with Gasteiger partial charge in [-0.2, -0.15) is 0 Å². The number of anilines is 3. The average Bonchev–Trinajstić information content (AvgIpc) is 2.82. The molecule has 1 saturated heterocycles. The summed E-state index contributed by atoms with van der Waals surface area (Å²) in [5, 5.41) is 3.41. The Morgan fingerprint density at radius 3 is 2.61 bits per heavy atom. The Labute approximate surface area is 192 Å². The van der Waals surface area contributed by atoms with Gasteiger partial charge in [0, 0.05) is 56.5 Å². The number of allylic oxidation sites excluding steroid dienone is 1. The zero-order valence-corrected chi connectivity index (χ0v) is 19.0. The maximum atomic E-state index is 12.8. The Balaban J connectivity index is 1.62. The molecule has 0 atom stereocenters. The SMILES string of the molecule is C=CCn1cc(C(=O)OCC)c2nc(Nc3ccc(N4CCN(C)CC4)cc3)ncc2c1=O. The highest BCUT2D eigenvalue weighted by atomic mass is 16.5. The second-order valence-electron chi connectivity index (χ2n) is 7.93. The topological polar surface area (TPSA) is 92.6 Å². The number of nitrogens with one attached hydrogen (secondary N) is 1. The number of aromatic nitrogens is 3. The van der Waals surface area contributed by atoms with Crippen LogP contribution in [-0.4, -0.2) is 65.2 Å². The van der Waals surface area contributed by atoms with Crippen molar-refractivity contribution in [1.82, 2.24) is 19.4 Å². The summed E-state index contributed by atoms with van der Waals surface area (Å²) in [4.78, 5) is 38.8. The molecule has 4 rings (SSSR count). The van der Waals surface area contributed by atoms with Crippen LogP contribution in [0, 0.1) is 0 Å². The highest BCUT2D eigenvalue weighted by molar-refractivity contribution is 6.02. The first-order valence-electron chi connectivity index (χ1n) is 11.0. The third kappa shape index (κ3) is 4.88. The quantitative estimate of drug-likeness (QED) is 0.436. The molecule has 1 N–H and O–H groups in total. The normalized spacial score (nSPS) is 14.3. The van der Waals surface area contributed by atoms with Gasteiger partial charge in [0.15, 0.2) is 0 Å². The van der Waals surface area contributed by atoms with E-state index in [4.69, 9.17) is 4.74 Å². The minimum absolute atomic E-state index is 0.212. The molecule has 1 aliphatic rings. The first-order chi connectivity index (χ1) is 16.0. The first kappa shape index (κ1) is 22.5. The van der Waals surface area contributed by atoms with E-state index in [1.54, 1.807) is 13.0 Å². The van der Waals surface area contributed by atoms with Gasteiger partial charge in [-0.25, -0.2) is 14.8 Å². The van der Waals surface area contributed by atoms with Gasteiger partial charge in [0.25, 0.3) is 5.56 Å². The zero-order chi connectivity index (χ0) is 23.4. The predicted molar refractivity (Wildman–Crippen MR) is 129 cm³/mol. The van der Waals surface area contributed by atoms with Crippen molar-refractivity contribution in [2.45, 2.75) is 13.5 Å². The summed E-state index contributed by atoms with van der Waals surface area (Å²) >= 11 is 0. The molecule has 0 aliphatic carbocycles. The number of benzene rings is 1. The van der Waals surface area contributed by atoms with Gasteiger partial charge in [0.05, 0.1) is 17.5 Å². The minimum Gasteiger partial charge on any atom is -0.462 e. The van der Waals surface area contributed by atoms with Crippen molar-refractivity contribution in [3.05, 3.63) is 65.2 Å². The van der Waals surface area contributed by atoms with E-state index in [1.165, 1.54) is 22.6 Å². The Morgan fingerprint density at radius 2 is 1.94 bits per heavy atom. The van der Waals surface area contributed by atoms with Crippen molar-refractivity contribution < 1.29 is 9.53 Å². The number of fused-ring (bicyclic) bond motifs is 1. The van der Waals surface area contributed by atoms with E-state index in [0.717, 1.165) is 31.9 Å². The molecule has 0 bridgehead atoms. The number of hydrogen-bond acceptors (Lipinski definition) is 8. The molecule has 3 aromatic rings. The molecule has 1 aliphatic heterocycles.